The monoisotopic (exact) mass is 476 g/mol. The molecule has 1 aromatic heterocycles. The lowest BCUT2D eigenvalue weighted by molar-refractivity contribution is -0.138. The second-order valence-electron chi connectivity index (χ2n) is 7.81. The smallest absolute Gasteiger partial charge is 0.338 e. The SMILES string of the molecule is C=CCOC(=O)C1=C(C)Nc2nc(SCCC)nn2C1c1cccc(OCc2ccccc2)c1. The summed E-state index contributed by atoms with van der Waals surface area (Å²) >= 11 is 1.59. The number of nitrogens with one attached hydrogen (secondary N) is 1. The number of anilines is 1. The third kappa shape index (κ3) is 5.34. The van der Waals surface area contributed by atoms with Crippen LogP contribution in [0.5, 0.6) is 5.75 Å². The number of hydrogen-bond acceptors (Lipinski definition) is 7. The van der Waals surface area contributed by atoms with Gasteiger partial charge in [-0.3, -0.25) is 0 Å². The summed E-state index contributed by atoms with van der Waals surface area (Å²) in [5, 5.41) is 8.61. The molecule has 1 unspecified atom stereocenters. The minimum Gasteiger partial charge on any atom is -0.489 e. The third-order valence-electron chi connectivity index (χ3n) is 5.24. The number of carbonyl (C=O) groups excluding carboxylic acids is 1. The maximum atomic E-state index is 13.1. The van der Waals surface area contributed by atoms with Crippen LogP contribution in [0.3, 0.4) is 0 Å². The van der Waals surface area contributed by atoms with Gasteiger partial charge in [0, 0.05) is 11.4 Å². The Morgan fingerprint density at radius 1 is 1.24 bits per heavy atom. The molecule has 0 radical (unpaired) electrons. The first-order valence-electron chi connectivity index (χ1n) is 11.2. The van der Waals surface area contributed by atoms with Gasteiger partial charge in [0.25, 0.3) is 0 Å². The Kier molecular flexibility index (Phi) is 7.69. The van der Waals surface area contributed by atoms with Gasteiger partial charge in [0.2, 0.25) is 11.1 Å². The molecule has 1 atom stereocenters. The van der Waals surface area contributed by atoms with Gasteiger partial charge in [0.1, 0.15) is 25.0 Å². The summed E-state index contributed by atoms with van der Waals surface area (Å²) in [4.78, 5) is 17.7. The number of thioether (sulfide) groups is 1. The Labute approximate surface area is 203 Å². The van der Waals surface area contributed by atoms with Crippen molar-refractivity contribution in [2.45, 2.75) is 38.1 Å². The van der Waals surface area contributed by atoms with E-state index in [-0.39, 0.29) is 6.61 Å². The van der Waals surface area contributed by atoms with E-state index in [1.54, 1.807) is 22.5 Å². The van der Waals surface area contributed by atoms with E-state index in [0.29, 0.717) is 34.7 Å². The van der Waals surface area contributed by atoms with Crippen LogP contribution in [0.4, 0.5) is 5.95 Å². The summed E-state index contributed by atoms with van der Waals surface area (Å²) in [6.45, 7) is 8.19. The van der Waals surface area contributed by atoms with Gasteiger partial charge in [-0.1, -0.05) is 73.8 Å². The zero-order valence-electron chi connectivity index (χ0n) is 19.4. The molecule has 3 aromatic rings. The highest BCUT2D eigenvalue weighted by atomic mass is 32.2. The molecule has 0 amide bonds. The van der Waals surface area contributed by atoms with Crippen LogP contribution in [-0.4, -0.2) is 33.1 Å². The van der Waals surface area contributed by atoms with Crippen LogP contribution in [0.15, 0.2) is 83.7 Å². The topological polar surface area (TPSA) is 78.3 Å². The van der Waals surface area contributed by atoms with E-state index in [9.17, 15) is 4.79 Å². The van der Waals surface area contributed by atoms with Crippen molar-refractivity contribution in [3.63, 3.8) is 0 Å². The third-order valence-corrected chi connectivity index (χ3v) is 6.29. The molecule has 2 heterocycles. The van der Waals surface area contributed by atoms with E-state index >= 15 is 0 Å². The summed E-state index contributed by atoms with van der Waals surface area (Å²) in [6.07, 6.45) is 2.57. The summed E-state index contributed by atoms with van der Waals surface area (Å²) in [5.41, 5.74) is 3.10. The maximum absolute atomic E-state index is 13.1. The number of hydrogen-bond donors (Lipinski definition) is 1. The molecule has 0 saturated heterocycles. The summed E-state index contributed by atoms with van der Waals surface area (Å²) in [6, 6.07) is 17.2. The number of esters is 1. The Morgan fingerprint density at radius 3 is 2.82 bits per heavy atom. The summed E-state index contributed by atoms with van der Waals surface area (Å²) in [5.74, 6) is 1.79. The van der Waals surface area contributed by atoms with E-state index in [1.807, 2.05) is 61.5 Å². The number of fused-ring (bicyclic) bond motifs is 1. The first-order chi connectivity index (χ1) is 16.6. The normalized spacial score (nSPS) is 14.8. The molecule has 0 bridgehead atoms. The van der Waals surface area contributed by atoms with Crippen molar-refractivity contribution in [1.82, 2.24) is 14.8 Å². The van der Waals surface area contributed by atoms with Crippen molar-refractivity contribution < 1.29 is 14.3 Å². The highest BCUT2D eigenvalue weighted by Gasteiger charge is 2.35. The molecular weight excluding hydrogens is 448 g/mol. The van der Waals surface area contributed by atoms with Crippen molar-refractivity contribution in [2.24, 2.45) is 0 Å². The zero-order chi connectivity index (χ0) is 23.9. The fourth-order valence-corrected chi connectivity index (χ4v) is 4.37. The molecule has 7 nitrogen and oxygen atoms in total. The van der Waals surface area contributed by atoms with Gasteiger partial charge >= 0.3 is 5.97 Å². The molecule has 1 N–H and O–H groups in total. The van der Waals surface area contributed by atoms with Gasteiger partial charge < -0.3 is 14.8 Å². The minimum atomic E-state index is -0.502. The van der Waals surface area contributed by atoms with Crippen molar-refractivity contribution in [1.29, 1.82) is 0 Å². The van der Waals surface area contributed by atoms with Gasteiger partial charge in [-0.25, -0.2) is 9.48 Å². The zero-order valence-corrected chi connectivity index (χ0v) is 20.2. The molecule has 0 fully saturated rings. The summed E-state index contributed by atoms with van der Waals surface area (Å²) < 4.78 is 13.2. The average molecular weight is 477 g/mol. The van der Waals surface area contributed by atoms with Crippen LogP contribution in [0.2, 0.25) is 0 Å². The molecule has 0 aliphatic carbocycles. The van der Waals surface area contributed by atoms with E-state index in [1.165, 1.54) is 0 Å². The first-order valence-corrected chi connectivity index (χ1v) is 12.2. The molecule has 0 spiro atoms. The Hall–Kier alpha value is -3.52. The van der Waals surface area contributed by atoms with Crippen LogP contribution >= 0.6 is 11.8 Å². The highest BCUT2D eigenvalue weighted by Crippen LogP contribution is 2.37. The Morgan fingerprint density at radius 2 is 2.06 bits per heavy atom. The number of rotatable bonds is 10. The van der Waals surface area contributed by atoms with E-state index in [4.69, 9.17) is 14.6 Å². The lowest BCUT2D eigenvalue weighted by Gasteiger charge is -2.28. The lowest BCUT2D eigenvalue weighted by atomic mass is 9.95. The Balaban J connectivity index is 1.69. The quantitative estimate of drug-likeness (QED) is 0.239. The fraction of sp³-hybridized carbons (Fsp3) is 0.269. The predicted octanol–water partition coefficient (Wildman–Crippen LogP) is 5.38. The second-order valence-corrected chi connectivity index (χ2v) is 8.87. The molecule has 4 rings (SSSR count). The number of benzene rings is 2. The van der Waals surface area contributed by atoms with Crippen LogP contribution in [0.25, 0.3) is 0 Å². The van der Waals surface area contributed by atoms with Crippen molar-refractivity contribution in [3.05, 3.63) is 89.6 Å². The highest BCUT2D eigenvalue weighted by molar-refractivity contribution is 7.99. The fourth-order valence-electron chi connectivity index (χ4n) is 3.69. The number of allylic oxidation sites excluding steroid dienone is 1. The number of carbonyl (C=O) groups is 1. The maximum Gasteiger partial charge on any atom is 0.338 e. The van der Waals surface area contributed by atoms with Crippen LogP contribution in [-0.2, 0) is 16.1 Å². The van der Waals surface area contributed by atoms with Crippen LogP contribution in [0, 0.1) is 0 Å². The van der Waals surface area contributed by atoms with E-state index < -0.39 is 12.0 Å². The van der Waals surface area contributed by atoms with E-state index in [0.717, 1.165) is 23.3 Å². The van der Waals surface area contributed by atoms with Gasteiger partial charge in [-0.2, -0.15) is 4.98 Å². The van der Waals surface area contributed by atoms with Gasteiger partial charge in [0.15, 0.2) is 0 Å². The largest absolute Gasteiger partial charge is 0.489 e. The molecule has 2 aromatic carbocycles. The molecule has 8 heteroatoms. The predicted molar refractivity (Wildman–Crippen MR) is 134 cm³/mol. The Bertz CT molecular complexity index is 1190. The first kappa shape index (κ1) is 23.6. The van der Waals surface area contributed by atoms with Crippen molar-refractivity contribution in [3.8, 4) is 5.75 Å². The molecule has 0 saturated carbocycles. The van der Waals surface area contributed by atoms with Crippen molar-refractivity contribution >= 4 is 23.7 Å². The van der Waals surface area contributed by atoms with Crippen molar-refractivity contribution in [2.75, 3.05) is 17.7 Å². The molecule has 176 valence electrons. The number of aromatic nitrogens is 3. The molecule has 34 heavy (non-hydrogen) atoms. The van der Waals surface area contributed by atoms with Gasteiger partial charge in [0.05, 0.1) is 5.57 Å². The molecule has 1 aliphatic heterocycles. The van der Waals surface area contributed by atoms with E-state index in [2.05, 4.69) is 23.8 Å². The summed E-state index contributed by atoms with van der Waals surface area (Å²) in [7, 11) is 0. The minimum absolute atomic E-state index is 0.129. The standard InChI is InChI=1S/C26H28N4O3S/c1-4-14-32-24(31)22-18(3)27-25-28-26(34-15-5-2)29-30(25)23(22)20-12-9-13-21(16-20)33-17-19-10-7-6-8-11-19/h4,6-13,16,23H,1,5,14-15,17H2,2-3H3,(H,27,28,29). The number of nitrogens with zero attached hydrogens (tertiary/aromatic N) is 3. The van der Waals surface area contributed by atoms with Crippen LogP contribution < -0.4 is 10.1 Å². The van der Waals surface area contributed by atoms with Crippen LogP contribution in [0.1, 0.15) is 37.4 Å². The second kappa shape index (κ2) is 11.1. The number of ether oxygens (including phenoxy) is 2. The van der Waals surface area contributed by atoms with Gasteiger partial charge in [-0.15, -0.1) is 5.10 Å². The molecule has 1 aliphatic rings. The lowest BCUT2D eigenvalue weighted by Crippen LogP contribution is -2.29. The average Bonchev–Trinajstić information content (AvgIpc) is 3.27. The van der Waals surface area contributed by atoms with Gasteiger partial charge in [-0.05, 0) is 36.6 Å². The molecular formula is C26H28N4O3S.